The molecule has 2 fully saturated rings. The van der Waals surface area contributed by atoms with Crippen LogP contribution in [0.3, 0.4) is 0 Å². The Hall–Kier alpha value is -2.41. The van der Waals surface area contributed by atoms with E-state index in [1.54, 1.807) is 4.90 Å². The van der Waals surface area contributed by atoms with Gasteiger partial charge in [-0.2, -0.15) is 0 Å². The highest BCUT2D eigenvalue weighted by Gasteiger charge is 2.58. The molecule has 1 aromatic rings. The molecule has 1 aromatic carbocycles. The first-order valence-corrected chi connectivity index (χ1v) is 9.87. The summed E-state index contributed by atoms with van der Waals surface area (Å²) in [4.78, 5) is 43.2. The smallest absolute Gasteiger partial charge is 0.328 e. The third-order valence-electron chi connectivity index (χ3n) is 5.96. The first-order valence-electron chi connectivity index (χ1n) is 9.87. The molecule has 152 valence electrons. The van der Waals surface area contributed by atoms with Crippen LogP contribution < -0.4 is 0 Å². The average Bonchev–Trinajstić information content (AvgIpc) is 2.89. The summed E-state index contributed by atoms with van der Waals surface area (Å²) < 4.78 is 4.69. The first kappa shape index (κ1) is 20.3. The van der Waals surface area contributed by atoms with Gasteiger partial charge in [-0.05, 0) is 38.7 Å². The molecular weight excluding hydrogens is 358 g/mol. The molecule has 3 rings (SSSR count). The lowest BCUT2D eigenvalue weighted by atomic mass is 9.85. The van der Waals surface area contributed by atoms with E-state index in [-0.39, 0.29) is 18.5 Å². The number of esters is 1. The molecule has 2 saturated heterocycles. The molecular formula is C21H29N3O4. The van der Waals surface area contributed by atoms with Crippen LogP contribution in [0.15, 0.2) is 30.3 Å². The highest BCUT2D eigenvalue weighted by atomic mass is 16.5. The third kappa shape index (κ3) is 3.76. The standard InChI is InChI=1S/C21H29N3O4/c1-16(2)22-13-10-21(11-14-22)19(26)23(15-18(25)28-3)20(27)24(21)12-9-17-7-5-4-6-8-17/h4-8,16H,9-15H2,1-3H3. The Labute approximate surface area is 166 Å². The number of hydrogen-bond acceptors (Lipinski definition) is 5. The first-order chi connectivity index (χ1) is 13.4. The number of rotatable bonds is 6. The molecule has 0 aliphatic carbocycles. The topological polar surface area (TPSA) is 70.2 Å². The van der Waals surface area contributed by atoms with Gasteiger partial charge in [0, 0.05) is 25.7 Å². The van der Waals surface area contributed by atoms with Crippen LogP contribution in [0.5, 0.6) is 0 Å². The molecule has 0 N–H and O–H groups in total. The predicted molar refractivity (Wildman–Crippen MR) is 105 cm³/mol. The van der Waals surface area contributed by atoms with Crippen LogP contribution in [0.25, 0.3) is 0 Å². The summed E-state index contributed by atoms with van der Waals surface area (Å²) in [6, 6.07) is 9.93. The number of likely N-dealkylation sites (tertiary alicyclic amines) is 1. The predicted octanol–water partition coefficient (Wildman–Crippen LogP) is 1.91. The number of amides is 3. The van der Waals surface area contributed by atoms with E-state index in [1.165, 1.54) is 7.11 Å². The molecule has 28 heavy (non-hydrogen) atoms. The number of urea groups is 1. The largest absolute Gasteiger partial charge is 0.468 e. The van der Waals surface area contributed by atoms with E-state index < -0.39 is 11.5 Å². The van der Waals surface area contributed by atoms with Crippen molar-refractivity contribution in [3.8, 4) is 0 Å². The van der Waals surface area contributed by atoms with Crippen molar-refractivity contribution in [2.24, 2.45) is 0 Å². The van der Waals surface area contributed by atoms with Gasteiger partial charge in [0.05, 0.1) is 7.11 Å². The summed E-state index contributed by atoms with van der Waals surface area (Å²) in [7, 11) is 1.26. The van der Waals surface area contributed by atoms with Crippen LogP contribution in [-0.2, 0) is 20.7 Å². The summed E-state index contributed by atoms with van der Waals surface area (Å²) >= 11 is 0. The van der Waals surface area contributed by atoms with Gasteiger partial charge >= 0.3 is 12.0 Å². The second-order valence-corrected chi connectivity index (χ2v) is 7.80. The van der Waals surface area contributed by atoms with E-state index in [1.807, 2.05) is 30.3 Å². The van der Waals surface area contributed by atoms with Gasteiger partial charge in [0.2, 0.25) is 0 Å². The minimum atomic E-state index is -0.856. The molecule has 2 aliphatic heterocycles. The van der Waals surface area contributed by atoms with E-state index in [0.717, 1.165) is 23.6 Å². The van der Waals surface area contributed by atoms with Crippen LogP contribution in [0, 0.1) is 0 Å². The van der Waals surface area contributed by atoms with Crippen molar-refractivity contribution >= 4 is 17.9 Å². The fourth-order valence-corrected chi connectivity index (χ4v) is 4.20. The number of imide groups is 1. The Balaban J connectivity index is 1.83. The summed E-state index contributed by atoms with van der Waals surface area (Å²) in [5.41, 5.74) is 0.259. The van der Waals surface area contributed by atoms with Gasteiger partial charge in [-0.25, -0.2) is 4.79 Å². The second kappa shape index (κ2) is 8.31. The Morgan fingerprint density at radius 1 is 1.14 bits per heavy atom. The normalized spacial score (nSPS) is 19.7. The van der Waals surface area contributed by atoms with E-state index in [0.29, 0.717) is 31.8 Å². The van der Waals surface area contributed by atoms with Crippen LogP contribution in [-0.4, -0.2) is 77.5 Å². The Kier molecular flexibility index (Phi) is 6.03. The van der Waals surface area contributed by atoms with Gasteiger partial charge in [0.15, 0.2) is 0 Å². The zero-order valence-electron chi connectivity index (χ0n) is 16.9. The van der Waals surface area contributed by atoms with Gasteiger partial charge in [0.1, 0.15) is 12.1 Å². The second-order valence-electron chi connectivity index (χ2n) is 7.80. The molecule has 2 aliphatic rings. The number of nitrogens with zero attached hydrogens (tertiary/aromatic N) is 3. The fraction of sp³-hybridized carbons (Fsp3) is 0.571. The molecule has 0 atom stereocenters. The van der Waals surface area contributed by atoms with Gasteiger partial charge in [-0.15, -0.1) is 0 Å². The summed E-state index contributed by atoms with van der Waals surface area (Å²) in [5, 5.41) is 0. The van der Waals surface area contributed by atoms with Crippen molar-refractivity contribution in [2.75, 3.05) is 33.3 Å². The SMILES string of the molecule is COC(=O)CN1C(=O)N(CCc2ccccc2)C2(CCN(C(C)C)CC2)C1=O. The average molecular weight is 387 g/mol. The van der Waals surface area contributed by atoms with Crippen molar-refractivity contribution in [1.82, 2.24) is 14.7 Å². The van der Waals surface area contributed by atoms with Crippen molar-refractivity contribution < 1.29 is 19.1 Å². The number of carbonyl (C=O) groups excluding carboxylic acids is 3. The summed E-state index contributed by atoms with van der Waals surface area (Å²) in [6.45, 7) is 5.90. The third-order valence-corrected chi connectivity index (χ3v) is 5.96. The summed E-state index contributed by atoms with van der Waals surface area (Å²) in [5.74, 6) is -0.847. The monoisotopic (exact) mass is 387 g/mol. The maximum Gasteiger partial charge on any atom is 0.328 e. The van der Waals surface area contributed by atoms with E-state index in [9.17, 15) is 14.4 Å². The lowest BCUT2D eigenvalue weighted by Gasteiger charge is -2.43. The molecule has 0 aromatic heterocycles. The maximum atomic E-state index is 13.3. The lowest BCUT2D eigenvalue weighted by molar-refractivity contribution is -0.146. The molecule has 0 radical (unpaired) electrons. The lowest BCUT2D eigenvalue weighted by Crippen LogP contribution is -2.57. The highest BCUT2D eigenvalue weighted by Crippen LogP contribution is 2.37. The Morgan fingerprint density at radius 3 is 2.36 bits per heavy atom. The van der Waals surface area contributed by atoms with Gasteiger partial charge in [-0.3, -0.25) is 14.5 Å². The maximum absolute atomic E-state index is 13.3. The molecule has 0 bridgehead atoms. The molecule has 3 amide bonds. The number of ether oxygens (including phenoxy) is 1. The van der Waals surface area contributed by atoms with Gasteiger partial charge in [0.25, 0.3) is 5.91 Å². The number of carbonyl (C=O) groups is 3. The highest BCUT2D eigenvalue weighted by molar-refractivity contribution is 6.08. The van der Waals surface area contributed by atoms with Crippen molar-refractivity contribution in [3.05, 3.63) is 35.9 Å². The van der Waals surface area contributed by atoms with Crippen molar-refractivity contribution in [1.29, 1.82) is 0 Å². The van der Waals surface area contributed by atoms with Crippen LogP contribution in [0.4, 0.5) is 4.79 Å². The number of methoxy groups -OCH3 is 1. The quantitative estimate of drug-likeness (QED) is 0.551. The van der Waals surface area contributed by atoms with Crippen molar-refractivity contribution in [3.63, 3.8) is 0 Å². The minimum absolute atomic E-state index is 0.264. The number of benzene rings is 1. The molecule has 1 spiro atoms. The molecule has 7 nitrogen and oxygen atoms in total. The zero-order chi connectivity index (χ0) is 20.3. The van der Waals surface area contributed by atoms with E-state index in [4.69, 9.17) is 0 Å². The molecule has 0 unspecified atom stereocenters. The molecule has 2 heterocycles. The van der Waals surface area contributed by atoms with Crippen LogP contribution in [0.2, 0.25) is 0 Å². The Morgan fingerprint density at radius 2 is 1.79 bits per heavy atom. The van der Waals surface area contributed by atoms with Crippen molar-refractivity contribution in [2.45, 2.75) is 44.7 Å². The number of piperidine rings is 1. The van der Waals surface area contributed by atoms with Crippen LogP contribution in [0.1, 0.15) is 32.3 Å². The number of hydrogen-bond donors (Lipinski definition) is 0. The summed E-state index contributed by atoms with van der Waals surface area (Å²) in [6.07, 6.45) is 1.84. The minimum Gasteiger partial charge on any atom is -0.468 e. The van der Waals surface area contributed by atoms with Gasteiger partial charge in [-0.1, -0.05) is 30.3 Å². The van der Waals surface area contributed by atoms with Crippen LogP contribution >= 0.6 is 0 Å². The van der Waals surface area contributed by atoms with Gasteiger partial charge < -0.3 is 14.5 Å². The van der Waals surface area contributed by atoms with E-state index >= 15 is 0 Å². The zero-order valence-corrected chi connectivity index (χ0v) is 16.9. The fourth-order valence-electron chi connectivity index (χ4n) is 4.20. The molecule has 7 heteroatoms. The Bertz CT molecular complexity index is 726. The molecule has 0 saturated carbocycles. The van der Waals surface area contributed by atoms with E-state index in [2.05, 4.69) is 23.5 Å².